The van der Waals surface area contributed by atoms with Crippen LogP contribution >= 0.6 is 0 Å². The second kappa shape index (κ2) is 3.52. The van der Waals surface area contributed by atoms with Crippen molar-refractivity contribution in [2.24, 2.45) is 5.73 Å². The van der Waals surface area contributed by atoms with Gasteiger partial charge in [0.2, 0.25) is 0 Å². The van der Waals surface area contributed by atoms with E-state index in [4.69, 9.17) is 5.73 Å². The van der Waals surface area contributed by atoms with Gasteiger partial charge in [0.05, 0.1) is 18.3 Å². The summed E-state index contributed by atoms with van der Waals surface area (Å²) in [4.78, 5) is 0. The molecule has 0 aliphatic carbocycles. The number of hydrogen-bond acceptors (Lipinski definition) is 2. The molecule has 0 fully saturated rings. The molecule has 3 nitrogen and oxygen atoms in total. The third-order valence-corrected chi connectivity index (χ3v) is 2.11. The number of nitrogens with one attached hydrogen (secondary N) is 1. The Labute approximate surface area is 82.3 Å². The molecule has 2 rings (SSSR count). The Morgan fingerprint density at radius 2 is 2.36 bits per heavy atom. The predicted molar refractivity (Wildman–Crippen MR) is 56.8 cm³/mol. The van der Waals surface area contributed by atoms with E-state index in [1.165, 1.54) is 0 Å². The first-order valence-corrected chi connectivity index (χ1v) is 4.44. The van der Waals surface area contributed by atoms with Gasteiger partial charge < -0.3 is 5.73 Å². The van der Waals surface area contributed by atoms with E-state index < -0.39 is 0 Å². The highest BCUT2D eigenvalue weighted by atomic mass is 15.1. The highest BCUT2D eigenvalue weighted by Crippen LogP contribution is 2.16. The molecule has 1 heterocycles. The maximum Gasteiger partial charge on any atom is 0.0653 e. The Bertz CT molecular complexity index is 514. The summed E-state index contributed by atoms with van der Waals surface area (Å²) in [5.41, 5.74) is 8.53. The zero-order valence-corrected chi connectivity index (χ0v) is 7.96. The van der Waals surface area contributed by atoms with Crippen LogP contribution in [-0.2, 0) is 0 Å². The summed E-state index contributed by atoms with van der Waals surface area (Å²) in [7, 11) is 0. The predicted octanol–water partition coefficient (Wildman–Crippen LogP) is 1.18. The van der Waals surface area contributed by atoms with E-state index in [0.717, 1.165) is 22.0 Å². The number of nitrogens with two attached hydrogens (primary N) is 1. The molecule has 1 aromatic heterocycles. The minimum Gasteiger partial charge on any atom is -0.320 e. The summed E-state index contributed by atoms with van der Waals surface area (Å²) in [5.74, 6) is 5.89. The maximum atomic E-state index is 5.33. The summed E-state index contributed by atoms with van der Waals surface area (Å²) in [6, 6.07) is 4.07. The van der Waals surface area contributed by atoms with E-state index in [0.29, 0.717) is 6.54 Å². The van der Waals surface area contributed by atoms with Crippen molar-refractivity contribution in [2.45, 2.75) is 6.92 Å². The van der Waals surface area contributed by atoms with Crippen molar-refractivity contribution in [2.75, 3.05) is 6.54 Å². The topological polar surface area (TPSA) is 54.7 Å². The zero-order valence-electron chi connectivity index (χ0n) is 7.96. The number of hydrogen-bond donors (Lipinski definition) is 2. The molecule has 0 unspecified atom stereocenters. The second-order valence-corrected chi connectivity index (χ2v) is 3.13. The Kier molecular flexibility index (Phi) is 2.21. The van der Waals surface area contributed by atoms with Crippen molar-refractivity contribution in [1.29, 1.82) is 0 Å². The average Bonchev–Trinajstić information content (AvgIpc) is 2.61. The molecule has 0 aliphatic rings. The average molecular weight is 185 g/mol. The molecule has 0 atom stereocenters. The van der Waals surface area contributed by atoms with Crippen molar-refractivity contribution in [3.05, 3.63) is 29.5 Å². The highest BCUT2D eigenvalue weighted by molar-refractivity contribution is 5.80. The second-order valence-electron chi connectivity index (χ2n) is 3.13. The lowest BCUT2D eigenvalue weighted by Crippen LogP contribution is -1.93. The molecule has 0 amide bonds. The fourth-order valence-corrected chi connectivity index (χ4v) is 1.38. The number of fused-ring (bicyclic) bond motifs is 1. The minimum absolute atomic E-state index is 0.392. The van der Waals surface area contributed by atoms with Gasteiger partial charge in [-0.3, -0.25) is 5.10 Å². The normalized spacial score (nSPS) is 9.86. The van der Waals surface area contributed by atoms with Gasteiger partial charge in [-0.15, -0.1) is 0 Å². The molecule has 3 heteroatoms. The molecular weight excluding hydrogens is 174 g/mol. The van der Waals surface area contributed by atoms with Crippen molar-refractivity contribution < 1.29 is 0 Å². The van der Waals surface area contributed by atoms with Crippen molar-refractivity contribution in [3.8, 4) is 11.8 Å². The quantitative estimate of drug-likeness (QED) is 0.605. The molecule has 0 saturated carbocycles. The lowest BCUT2D eigenvalue weighted by molar-refractivity contribution is 1.12. The summed E-state index contributed by atoms with van der Waals surface area (Å²) < 4.78 is 0. The number of benzene rings is 1. The number of aromatic amines is 1. The first kappa shape index (κ1) is 8.79. The molecular formula is C11H11N3. The third-order valence-electron chi connectivity index (χ3n) is 2.11. The molecule has 0 saturated heterocycles. The van der Waals surface area contributed by atoms with Gasteiger partial charge >= 0.3 is 0 Å². The third kappa shape index (κ3) is 1.48. The molecule has 3 N–H and O–H groups in total. The maximum absolute atomic E-state index is 5.33. The van der Waals surface area contributed by atoms with E-state index in [2.05, 4.69) is 22.0 Å². The van der Waals surface area contributed by atoms with E-state index in [9.17, 15) is 0 Å². The van der Waals surface area contributed by atoms with Crippen molar-refractivity contribution in [1.82, 2.24) is 10.2 Å². The smallest absolute Gasteiger partial charge is 0.0653 e. The van der Waals surface area contributed by atoms with Gasteiger partial charge in [-0.05, 0) is 24.6 Å². The van der Waals surface area contributed by atoms with Gasteiger partial charge in [0.25, 0.3) is 0 Å². The number of aromatic nitrogens is 2. The molecule has 0 spiro atoms. The number of nitrogens with zero attached hydrogens (tertiary/aromatic N) is 1. The summed E-state index contributed by atoms with van der Waals surface area (Å²) in [6.45, 7) is 2.42. The number of rotatable bonds is 0. The SMILES string of the molecule is Cc1cc2[nH]ncc2cc1C#CCN. The van der Waals surface area contributed by atoms with Crippen LogP contribution in [0.2, 0.25) is 0 Å². The summed E-state index contributed by atoms with van der Waals surface area (Å²) in [6.07, 6.45) is 1.79. The Hall–Kier alpha value is -1.79. The zero-order chi connectivity index (χ0) is 9.97. The van der Waals surface area contributed by atoms with Gasteiger partial charge in [-0.1, -0.05) is 11.8 Å². The Balaban J connectivity index is 2.59. The fraction of sp³-hybridized carbons (Fsp3) is 0.182. The number of H-pyrrole nitrogens is 1. The van der Waals surface area contributed by atoms with Gasteiger partial charge in [-0.25, -0.2) is 0 Å². The van der Waals surface area contributed by atoms with Crippen LogP contribution < -0.4 is 5.73 Å². The van der Waals surface area contributed by atoms with E-state index in [1.807, 2.05) is 19.1 Å². The van der Waals surface area contributed by atoms with Gasteiger partial charge in [0, 0.05) is 10.9 Å². The van der Waals surface area contributed by atoms with Gasteiger partial charge in [-0.2, -0.15) is 5.10 Å². The highest BCUT2D eigenvalue weighted by Gasteiger charge is 1.99. The van der Waals surface area contributed by atoms with Crippen LogP contribution in [0.3, 0.4) is 0 Å². The van der Waals surface area contributed by atoms with E-state index in [-0.39, 0.29) is 0 Å². The summed E-state index contributed by atoms with van der Waals surface area (Å²) >= 11 is 0. The minimum atomic E-state index is 0.392. The summed E-state index contributed by atoms with van der Waals surface area (Å²) in [5, 5.41) is 7.97. The van der Waals surface area contributed by atoms with Crippen LogP contribution in [0, 0.1) is 18.8 Å². The van der Waals surface area contributed by atoms with Crippen molar-refractivity contribution in [3.63, 3.8) is 0 Å². The van der Waals surface area contributed by atoms with Crippen LogP contribution in [0.1, 0.15) is 11.1 Å². The van der Waals surface area contributed by atoms with Crippen LogP contribution in [0.5, 0.6) is 0 Å². The first-order chi connectivity index (χ1) is 6.81. The lowest BCUT2D eigenvalue weighted by atomic mass is 10.1. The molecule has 14 heavy (non-hydrogen) atoms. The molecule has 2 aromatic rings. The van der Waals surface area contributed by atoms with E-state index >= 15 is 0 Å². The molecule has 0 aliphatic heterocycles. The first-order valence-electron chi connectivity index (χ1n) is 4.44. The van der Waals surface area contributed by atoms with Gasteiger partial charge in [0.1, 0.15) is 0 Å². The lowest BCUT2D eigenvalue weighted by Gasteiger charge is -1.97. The molecule has 0 radical (unpaired) electrons. The monoisotopic (exact) mass is 185 g/mol. The van der Waals surface area contributed by atoms with Crippen molar-refractivity contribution >= 4 is 10.9 Å². The Morgan fingerprint density at radius 3 is 3.14 bits per heavy atom. The fourth-order valence-electron chi connectivity index (χ4n) is 1.38. The number of aryl methyl sites for hydroxylation is 1. The van der Waals surface area contributed by atoms with Crippen LogP contribution in [0.25, 0.3) is 10.9 Å². The molecule has 70 valence electrons. The van der Waals surface area contributed by atoms with Crippen LogP contribution in [0.4, 0.5) is 0 Å². The molecule has 0 bridgehead atoms. The molecule has 1 aromatic carbocycles. The standard InChI is InChI=1S/C11H11N3/c1-8-5-11-10(7-13-14-11)6-9(8)3-2-4-12/h5-7H,4,12H2,1H3,(H,13,14). The largest absolute Gasteiger partial charge is 0.320 e. The van der Waals surface area contributed by atoms with Gasteiger partial charge in [0.15, 0.2) is 0 Å². The van der Waals surface area contributed by atoms with Crippen LogP contribution in [0.15, 0.2) is 18.3 Å². The van der Waals surface area contributed by atoms with Crippen LogP contribution in [-0.4, -0.2) is 16.7 Å². The van der Waals surface area contributed by atoms with E-state index in [1.54, 1.807) is 6.20 Å². The Morgan fingerprint density at radius 1 is 1.50 bits per heavy atom.